The molecule has 0 atom stereocenters. The summed E-state index contributed by atoms with van der Waals surface area (Å²) in [6.45, 7) is 3.83. The van der Waals surface area contributed by atoms with Crippen molar-refractivity contribution in [1.29, 1.82) is 0 Å². The molecule has 0 aliphatic carbocycles. The highest BCUT2D eigenvalue weighted by molar-refractivity contribution is 5.68. The third-order valence-electron chi connectivity index (χ3n) is 3.60. The van der Waals surface area contributed by atoms with Gasteiger partial charge in [0.15, 0.2) is 11.6 Å². The lowest BCUT2D eigenvalue weighted by molar-refractivity contribution is -0.0543. The molecule has 1 saturated heterocycles. The number of anilines is 2. The predicted octanol–water partition coefficient (Wildman–Crippen LogP) is 2.15. The van der Waals surface area contributed by atoms with Crippen LogP contribution in [-0.4, -0.2) is 37.1 Å². The summed E-state index contributed by atoms with van der Waals surface area (Å²) in [7, 11) is 0. The van der Waals surface area contributed by atoms with Crippen molar-refractivity contribution in [3.63, 3.8) is 0 Å². The van der Waals surface area contributed by atoms with E-state index < -0.39 is 11.4 Å². The summed E-state index contributed by atoms with van der Waals surface area (Å²) in [4.78, 5) is 0. The van der Waals surface area contributed by atoms with E-state index in [1.54, 1.807) is 6.07 Å². The second-order valence-electron chi connectivity index (χ2n) is 5.41. The number of nitrogens with one attached hydrogen (secondary N) is 1. The van der Waals surface area contributed by atoms with E-state index in [9.17, 15) is 9.50 Å². The summed E-state index contributed by atoms with van der Waals surface area (Å²) < 4.78 is 24.3. The fourth-order valence-corrected chi connectivity index (χ4v) is 2.23. The molecule has 1 aliphatic heterocycles. The Bertz CT molecular complexity index is 476. The summed E-state index contributed by atoms with van der Waals surface area (Å²) in [5, 5.41) is 13.5. The van der Waals surface area contributed by atoms with Gasteiger partial charge in [0.2, 0.25) is 0 Å². The molecule has 0 saturated carbocycles. The van der Waals surface area contributed by atoms with Gasteiger partial charge in [0.25, 0.3) is 0 Å². The number of benzene rings is 1. The smallest absolute Gasteiger partial charge is 0.167 e. The molecule has 4 N–H and O–H groups in total. The number of nitrogen functional groups attached to an aromatic ring is 1. The maximum Gasteiger partial charge on any atom is 0.167 e. The molecule has 6 heteroatoms. The van der Waals surface area contributed by atoms with Gasteiger partial charge in [0.05, 0.1) is 23.6 Å². The molecule has 1 aromatic carbocycles. The van der Waals surface area contributed by atoms with Gasteiger partial charge in [-0.05, 0) is 6.42 Å². The van der Waals surface area contributed by atoms with Crippen LogP contribution >= 0.6 is 0 Å². The Balaban J connectivity index is 2.04. The Morgan fingerprint density at radius 3 is 2.81 bits per heavy atom. The lowest BCUT2D eigenvalue weighted by Crippen LogP contribution is -2.42. The van der Waals surface area contributed by atoms with Crippen LogP contribution in [0.4, 0.5) is 15.8 Å². The van der Waals surface area contributed by atoms with Crippen molar-refractivity contribution < 1.29 is 19.0 Å². The minimum Gasteiger partial charge on any atom is -0.490 e. The van der Waals surface area contributed by atoms with E-state index in [2.05, 4.69) is 5.32 Å². The van der Waals surface area contributed by atoms with Gasteiger partial charge in [-0.1, -0.05) is 6.92 Å². The molecule has 5 nitrogen and oxygen atoms in total. The van der Waals surface area contributed by atoms with Crippen molar-refractivity contribution in [1.82, 2.24) is 0 Å². The average molecular weight is 298 g/mol. The molecular formula is C15H23FN2O3. The first-order valence-corrected chi connectivity index (χ1v) is 7.30. The number of ether oxygens (including phenoxy) is 2. The van der Waals surface area contributed by atoms with Gasteiger partial charge in [-0.25, -0.2) is 4.39 Å². The molecule has 118 valence electrons. The SMILES string of the molecule is CCCOc1cc(NCC2(O)CCOCC2)c(N)cc1F. The first kappa shape index (κ1) is 15.9. The van der Waals surface area contributed by atoms with Crippen LogP contribution in [0.1, 0.15) is 26.2 Å². The maximum absolute atomic E-state index is 13.7. The van der Waals surface area contributed by atoms with E-state index in [1.165, 1.54) is 6.07 Å². The van der Waals surface area contributed by atoms with Crippen LogP contribution in [-0.2, 0) is 4.74 Å². The van der Waals surface area contributed by atoms with Crippen molar-refractivity contribution in [3.05, 3.63) is 17.9 Å². The van der Waals surface area contributed by atoms with Gasteiger partial charge in [-0.15, -0.1) is 0 Å². The number of rotatable bonds is 6. The topological polar surface area (TPSA) is 76.7 Å². The molecule has 0 radical (unpaired) electrons. The molecular weight excluding hydrogens is 275 g/mol. The number of halogens is 1. The second-order valence-corrected chi connectivity index (χ2v) is 5.41. The molecule has 2 rings (SSSR count). The van der Waals surface area contributed by atoms with Gasteiger partial charge in [0, 0.05) is 44.7 Å². The number of nitrogens with two attached hydrogens (primary N) is 1. The lowest BCUT2D eigenvalue weighted by atomic mass is 9.94. The predicted molar refractivity (Wildman–Crippen MR) is 80.1 cm³/mol. The zero-order valence-corrected chi connectivity index (χ0v) is 12.3. The highest BCUT2D eigenvalue weighted by Crippen LogP contribution is 2.29. The molecule has 1 fully saturated rings. The first-order valence-electron chi connectivity index (χ1n) is 7.30. The van der Waals surface area contributed by atoms with E-state index in [0.29, 0.717) is 50.6 Å². The maximum atomic E-state index is 13.7. The van der Waals surface area contributed by atoms with Crippen molar-refractivity contribution >= 4 is 11.4 Å². The van der Waals surface area contributed by atoms with Gasteiger partial charge in [0.1, 0.15) is 0 Å². The Hall–Kier alpha value is -1.53. The van der Waals surface area contributed by atoms with Crippen LogP contribution in [0.3, 0.4) is 0 Å². The highest BCUT2D eigenvalue weighted by atomic mass is 19.1. The third-order valence-corrected chi connectivity index (χ3v) is 3.60. The Morgan fingerprint density at radius 1 is 1.43 bits per heavy atom. The third kappa shape index (κ3) is 4.22. The van der Waals surface area contributed by atoms with E-state index in [1.807, 2.05) is 6.92 Å². The second kappa shape index (κ2) is 6.95. The zero-order chi connectivity index (χ0) is 15.3. The average Bonchev–Trinajstić information content (AvgIpc) is 2.46. The molecule has 1 aliphatic rings. The van der Waals surface area contributed by atoms with Crippen LogP contribution in [0, 0.1) is 5.82 Å². The lowest BCUT2D eigenvalue weighted by Gasteiger charge is -2.32. The van der Waals surface area contributed by atoms with E-state index in [0.717, 1.165) is 6.42 Å². The summed E-state index contributed by atoms with van der Waals surface area (Å²) in [5.74, 6) is -0.302. The normalized spacial score (nSPS) is 17.5. The van der Waals surface area contributed by atoms with Crippen molar-refractivity contribution in [2.24, 2.45) is 0 Å². The monoisotopic (exact) mass is 298 g/mol. The zero-order valence-electron chi connectivity index (χ0n) is 12.3. The summed E-state index contributed by atoms with van der Waals surface area (Å²) >= 11 is 0. The van der Waals surface area contributed by atoms with Crippen LogP contribution in [0.5, 0.6) is 5.75 Å². The quantitative estimate of drug-likeness (QED) is 0.702. The first-order chi connectivity index (χ1) is 10.0. The molecule has 0 amide bonds. The minimum atomic E-state index is -0.816. The molecule has 0 spiro atoms. The van der Waals surface area contributed by atoms with Gasteiger partial charge in [-0.2, -0.15) is 0 Å². The van der Waals surface area contributed by atoms with E-state index in [-0.39, 0.29) is 5.75 Å². The molecule has 1 heterocycles. The number of aliphatic hydroxyl groups is 1. The molecule has 1 aromatic rings. The van der Waals surface area contributed by atoms with Crippen LogP contribution in [0.15, 0.2) is 12.1 Å². The van der Waals surface area contributed by atoms with Gasteiger partial charge in [-0.3, -0.25) is 0 Å². The summed E-state index contributed by atoms with van der Waals surface area (Å²) in [6.07, 6.45) is 1.94. The van der Waals surface area contributed by atoms with Crippen LogP contribution in [0.25, 0.3) is 0 Å². The Kier molecular flexibility index (Phi) is 5.25. The van der Waals surface area contributed by atoms with Crippen LogP contribution < -0.4 is 15.8 Å². The molecule has 21 heavy (non-hydrogen) atoms. The van der Waals surface area contributed by atoms with Crippen LogP contribution in [0.2, 0.25) is 0 Å². The standard InChI is InChI=1S/C15H23FN2O3/c1-2-5-21-14-9-13(12(17)8-11(14)16)18-10-15(19)3-6-20-7-4-15/h8-9,18-19H,2-7,10,17H2,1H3. The highest BCUT2D eigenvalue weighted by Gasteiger charge is 2.29. The van der Waals surface area contributed by atoms with E-state index >= 15 is 0 Å². The Morgan fingerprint density at radius 2 is 2.14 bits per heavy atom. The number of hydrogen-bond donors (Lipinski definition) is 3. The molecule has 0 aromatic heterocycles. The Labute approximate surface area is 124 Å². The molecule has 0 bridgehead atoms. The van der Waals surface area contributed by atoms with Crippen molar-refractivity contribution in [3.8, 4) is 5.75 Å². The fourth-order valence-electron chi connectivity index (χ4n) is 2.23. The minimum absolute atomic E-state index is 0.174. The summed E-state index contributed by atoms with van der Waals surface area (Å²) in [6, 6.07) is 2.78. The largest absolute Gasteiger partial charge is 0.490 e. The van der Waals surface area contributed by atoms with E-state index in [4.69, 9.17) is 15.2 Å². The summed E-state index contributed by atoms with van der Waals surface area (Å²) in [5.41, 5.74) is 5.87. The fraction of sp³-hybridized carbons (Fsp3) is 0.600. The molecule has 0 unspecified atom stereocenters. The number of hydrogen-bond acceptors (Lipinski definition) is 5. The van der Waals surface area contributed by atoms with Crippen molar-refractivity contribution in [2.75, 3.05) is 37.4 Å². The van der Waals surface area contributed by atoms with Gasteiger partial charge < -0.3 is 25.6 Å². The van der Waals surface area contributed by atoms with Crippen molar-refractivity contribution in [2.45, 2.75) is 31.8 Å². The van der Waals surface area contributed by atoms with Gasteiger partial charge >= 0.3 is 0 Å².